The summed E-state index contributed by atoms with van der Waals surface area (Å²) in [4.78, 5) is 0. The van der Waals surface area contributed by atoms with E-state index in [2.05, 4.69) is 21.2 Å². The maximum atomic E-state index is 9.85. The summed E-state index contributed by atoms with van der Waals surface area (Å²) in [6.45, 7) is 1.86. The minimum absolute atomic E-state index is 0.0666. The highest BCUT2D eigenvalue weighted by Crippen LogP contribution is 2.32. The fourth-order valence-electron chi connectivity index (χ4n) is 2.31. The van der Waals surface area contributed by atoms with E-state index in [4.69, 9.17) is 4.42 Å². The molecule has 108 valence electrons. The number of aliphatic hydroxyl groups excluding tert-OH is 1. The number of rotatable bonds is 4. The first-order valence-corrected chi connectivity index (χ1v) is 7.54. The summed E-state index contributed by atoms with van der Waals surface area (Å²) >= 11 is 3.46. The van der Waals surface area contributed by atoms with E-state index in [9.17, 15) is 5.11 Å². The maximum absolute atomic E-state index is 9.85. The predicted octanol–water partition coefficient (Wildman–Crippen LogP) is 4.51. The van der Waals surface area contributed by atoms with E-state index in [-0.39, 0.29) is 6.61 Å². The average molecular weight is 346 g/mol. The predicted molar refractivity (Wildman–Crippen MR) is 88.4 cm³/mol. The van der Waals surface area contributed by atoms with Gasteiger partial charge in [-0.25, -0.2) is 0 Å². The molecule has 21 heavy (non-hydrogen) atoms. The van der Waals surface area contributed by atoms with E-state index < -0.39 is 5.54 Å². The van der Waals surface area contributed by atoms with Crippen molar-refractivity contribution in [2.45, 2.75) is 12.5 Å². The van der Waals surface area contributed by atoms with Crippen molar-refractivity contribution in [1.29, 1.82) is 0 Å². The van der Waals surface area contributed by atoms with Crippen molar-refractivity contribution in [3.63, 3.8) is 0 Å². The molecule has 4 heteroatoms. The van der Waals surface area contributed by atoms with E-state index in [0.29, 0.717) is 5.76 Å². The van der Waals surface area contributed by atoms with Gasteiger partial charge in [0, 0.05) is 15.5 Å². The Labute approximate surface area is 131 Å². The van der Waals surface area contributed by atoms with Gasteiger partial charge < -0.3 is 14.8 Å². The van der Waals surface area contributed by atoms with Crippen LogP contribution in [-0.4, -0.2) is 11.7 Å². The number of furan rings is 1. The molecule has 0 saturated carbocycles. The molecular formula is C17H16BrNO2. The number of hydrogen-bond acceptors (Lipinski definition) is 3. The van der Waals surface area contributed by atoms with E-state index in [1.807, 2.05) is 61.5 Å². The lowest BCUT2D eigenvalue weighted by Crippen LogP contribution is -2.35. The number of fused-ring (bicyclic) bond motifs is 1. The molecule has 2 N–H and O–H groups in total. The van der Waals surface area contributed by atoms with Gasteiger partial charge in [-0.1, -0.05) is 34.1 Å². The molecule has 0 spiro atoms. The molecule has 0 aliphatic rings. The molecule has 0 radical (unpaired) electrons. The zero-order valence-corrected chi connectivity index (χ0v) is 13.2. The summed E-state index contributed by atoms with van der Waals surface area (Å²) in [5.41, 5.74) is 1.07. The van der Waals surface area contributed by atoms with Crippen LogP contribution in [0.2, 0.25) is 0 Å². The number of aliphatic hydroxyl groups is 1. The van der Waals surface area contributed by atoms with Gasteiger partial charge in [0.05, 0.1) is 6.61 Å². The van der Waals surface area contributed by atoms with Crippen LogP contribution in [0.1, 0.15) is 12.7 Å². The molecule has 0 aliphatic heterocycles. The third-order valence-electron chi connectivity index (χ3n) is 3.53. The van der Waals surface area contributed by atoms with Crippen molar-refractivity contribution in [3.05, 3.63) is 64.8 Å². The van der Waals surface area contributed by atoms with E-state index in [1.165, 1.54) is 0 Å². The number of para-hydroxylation sites is 1. The Morgan fingerprint density at radius 2 is 1.90 bits per heavy atom. The Hall–Kier alpha value is -1.78. The first-order chi connectivity index (χ1) is 10.1. The van der Waals surface area contributed by atoms with Crippen LogP contribution >= 0.6 is 15.9 Å². The van der Waals surface area contributed by atoms with Crippen LogP contribution in [0, 0.1) is 0 Å². The molecule has 1 aromatic heterocycles. The summed E-state index contributed by atoms with van der Waals surface area (Å²) in [5, 5.41) is 14.2. The summed E-state index contributed by atoms with van der Waals surface area (Å²) in [5.74, 6) is 0.710. The number of halogens is 1. The number of hydrogen-bond donors (Lipinski definition) is 2. The van der Waals surface area contributed by atoms with Crippen molar-refractivity contribution >= 4 is 32.6 Å². The second-order valence-corrected chi connectivity index (χ2v) is 6.19. The summed E-state index contributed by atoms with van der Waals surface area (Å²) < 4.78 is 6.91. The summed E-state index contributed by atoms with van der Waals surface area (Å²) in [7, 11) is 0. The molecule has 1 unspecified atom stereocenters. The van der Waals surface area contributed by atoms with Gasteiger partial charge in [-0.2, -0.15) is 0 Å². The average Bonchev–Trinajstić information content (AvgIpc) is 2.92. The van der Waals surface area contributed by atoms with E-state index in [1.54, 1.807) is 0 Å². The second-order valence-electron chi connectivity index (χ2n) is 5.27. The van der Waals surface area contributed by atoms with Crippen LogP contribution in [0.5, 0.6) is 0 Å². The third-order valence-corrected chi connectivity index (χ3v) is 4.03. The number of nitrogens with one attached hydrogen (secondary N) is 1. The van der Waals surface area contributed by atoms with Crippen LogP contribution in [0.3, 0.4) is 0 Å². The minimum atomic E-state index is -0.674. The Morgan fingerprint density at radius 1 is 1.14 bits per heavy atom. The Balaban J connectivity index is 2.00. The maximum Gasteiger partial charge on any atom is 0.134 e. The molecule has 2 aromatic carbocycles. The monoisotopic (exact) mass is 345 g/mol. The Kier molecular flexibility index (Phi) is 3.74. The zero-order valence-electron chi connectivity index (χ0n) is 11.6. The molecular weight excluding hydrogens is 330 g/mol. The highest BCUT2D eigenvalue weighted by molar-refractivity contribution is 9.10. The third kappa shape index (κ3) is 2.82. The minimum Gasteiger partial charge on any atom is -0.458 e. The molecule has 0 saturated heterocycles. The zero-order chi connectivity index (χ0) is 14.9. The van der Waals surface area contributed by atoms with Gasteiger partial charge in [0.1, 0.15) is 16.9 Å². The van der Waals surface area contributed by atoms with Crippen LogP contribution in [0.25, 0.3) is 11.0 Å². The van der Waals surface area contributed by atoms with Gasteiger partial charge in [0.25, 0.3) is 0 Å². The summed E-state index contributed by atoms with van der Waals surface area (Å²) in [6.07, 6.45) is 0. The van der Waals surface area contributed by atoms with Crippen LogP contribution in [-0.2, 0) is 5.54 Å². The van der Waals surface area contributed by atoms with Crippen molar-refractivity contribution in [2.75, 3.05) is 11.9 Å². The van der Waals surface area contributed by atoms with Crippen molar-refractivity contribution in [2.24, 2.45) is 0 Å². The molecule has 0 fully saturated rings. The number of anilines is 1. The fourth-order valence-corrected chi connectivity index (χ4v) is 2.68. The van der Waals surface area contributed by atoms with Crippen molar-refractivity contribution < 1.29 is 9.52 Å². The SMILES string of the molecule is CC(CO)(Nc1ccccc1)c1cc2cc(Br)ccc2o1. The second kappa shape index (κ2) is 5.54. The van der Waals surface area contributed by atoms with E-state index in [0.717, 1.165) is 21.1 Å². The van der Waals surface area contributed by atoms with Crippen molar-refractivity contribution in [1.82, 2.24) is 0 Å². The molecule has 3 nitrogen and oxygen atoms in total. The Morgan fingerprint density at radius 3 is 2.62 bits per heavy atom. The molecule has 1 heterocycles. The molecule has 3 rings (SSSR count). The summed E-state index contributed by atoms with van der Waals surface area (Å²) in [6, 6.07) is 17.6. The van der Waals surface area contributed by atoms with Gasteiger partial charge in [0.2, 0.25) is 0 Å². The quantitative estimate of drug-likeness (QED) is 0.730. The molecule has 3 aromatic rings. The smallest absolute Gasteiger partial charge is 0.134 e. The van der Waals surface area contributed by atoms with Gasteiger partial charge in [-0.05, 0) is 43.3 Å². The van der Waals surface area contributed by atoms with Crippen LogP contribution in [0.4, 0.5) is 5.69 Å². The van der Waals surface area contributed by atoms with Gasteiger partial charge in [0.15, 0.2) is 0 Å². The number of benzene rings is 2. The highest BCUT2D eigenvalue weighted by atomic mass is 79.9. The van der Waals surface area contributed by atoms with Crippen LogP contribution in [0.15, 0.2) is 63.5 Å². The molecule has 1 atom stereocenters. The standard InChI is InChI=1S/C17H16BrNO2/c1-17(11-20,19-14-5-3-2-4-6-14)16-10-12-9-13(18)7-8-15(12)21-16/h2-10,19-20H,11H2,1H3. The topological polar surface area (TPSA) is 45.4 Å². The van der Waals surface area contributed by atoms with Gasteiger partial charge in [-0.3, -0.25) is 0 Å². The lowest BCUT2D eigenvalue weighted by atomic mass is 9.99. The highest BCUT2D eigenvalue weighted by Gasteiger charge is 2.29. The lowest BCUT2D eigenvalue weighted by molar-refractivity contribution is 0.205. The van der Waals surface area contributed by atoms with Crippen LogP contribution < -0.4 is 5.32 Å². The molecule has 0 bridgehead atoms. The van der Waals surface area contributed by atoms with Gasteiger partial charge in [-0.15, -0.1) is 0 Å². The fraction of sp³-hybridized carbons (Fsp3) is 0.176. The molecule has 0 aliphatic carbocycles. The van der Waals surface area contributed by atoms with Crippen molar-refractivity contribution in [3.8, 4) is 0 Å². The van der Waals surface area contributed by atoms with Gasteiger partial charge >= 0.3 is 0 Å². The lowest BCUT2D eigenvalue weighted by Gasteiger charge is -2.27. The Bertz CT molecular complexity index is 754. The first kappa shape index (κ1) is 14.2. The molecule has 0 amide bonds. The van der Waals surface area contributed by atoms with E-state index >= 15 is 0 Å². The largest absolute Gasteiger partial charge is 0.458 e. The normalized spacial score (nSPS) is 14.0. The first-order valence-electron chi connectivity index (χ1n) is 6.74.